The smallest absolute Gasteiger partial charge is 0.338 e. The number of anilines is 1. The van der Waals surface area contributed by atoms with Gasteiger partial charge in [-0.25, -0.2) is 9.69 Å². The highest BCUT2D eigenvalue weighted by Crippen LogP contribution is 2.28. The fourth-order valence-electron chi connectivity index (χ4n) is 3.29. The van der Waals surface area contributed by atoms with Gasteiger partial charge in [-0.05, 0) is 30.3 Å². The van der Waals surface area contributed by atoms with Crippen molar-refractivity contribution in [1.29, 1.82) is 0 Å². The molecule has 0 fully saturated rings. The number of non-ortho nitro benzene ring substituents is 1. The summed E-state index contributed by atoms with van der Waals surface area (Å²) in [6.07, 6.45) is 0. The van der Waals surface area contributed by atoms with Crippen molar-refractivity contribution in [2.75, 3.05) is 11.5 Å². The number of Topliss-reactive ketones (excluding diaryl/α,β-unsaturated/α-hetero) is 1. The number of nitrogens with zero attached hydrogens (tertiary/aromatic N) is 2. The van der Waals surface area contributed by atoms with E-state index in [4.69, 9.17) is 4.74 Å². The van der Waals surface area contributed by atoms with Gasteiger partial charge in [0.25, 0.3) is 17.5 Å². The predicted octanol–water partition coefficient (Wildman–Crippen LogP) is 3.44. The van der Waals surface area contributed by atoms with Crippen LogP contribution in [0, 0.1) is 10.1 Å². The van der Waals surface area contributed by atoms with E-state index in [1.807, 2.05) is 0 Å². The molecule has 9 nitrogen and oxygen atoms in total. The molecule has 0 atom stereocenters. The number of fused-ring (bicyclic) bond motifs is 1. The van der Waals surface area contributed by atoms with E-state index >= 15 is 0 Å². The Morgan fingerprint density at radius 3 is 2.12 bits per heavy atom. The first kappa shape index (κ1) is 20.6. The Morgan fingerprint density at radius 2 is 1.47 bits per heavy atom. The highest BCUT2D eigenvalue weighted by Gasteiger charge is 2.36. The third kappa shape index (κ3) is 3.74. The number of hydrogen-bond acceptors (Lipinski definition) is 7. The van der Waals surface area contributed by atoms with E-state index in [9.17, 15) is 29.3 Å². The molecule has 3 aromatic rings. The SMILES string of the molecule is O=C(COC(=O)c1cccc(N2C(=O)c3ccccc3C2=O)c1)c1cccc([N+](=O)[O-])c1. The van der Waals surface area contributed by atoms with Gasteiger partial charge < -0.3 is 4.74 Å². The van der Waals surface area contributed by atoms with Crippen molar-refractivity contribution < 1.29 is 28.8 Å². The van der Waals surface area contributed by atoms with Crippen LogP contribution >= 0.6 is 0 Å². The Balaban J connectivity index is 1.48. The van der Waals surface area contributed by atoms with Crippen molar-refractivity contribution in [1.82, 2.24) is 0 Å². The minimum atomic E-state index is -0.845. The lowest BCUT2D eigenvalue weighted by Crippen LogP contribution is -2.29. The van der Waals surface area contributed by atoms with Crippen molar-refractivity contribution in [3.05, 3.63) is 105 Å². The molecular formula is C23H14N2O7. The summed E-state index contributed by atoms with van der Waals surface area (Å²) in [6.45, 7) is -0.628. The number of carbonyl (C=O) groups is 4. The van der Waals surface area contributed by atoms with E-state index in [1.165, 1.54) is 42.5 Å². The summed E-state index contributed by atoms with van der Waals surface area (Å²) in [4.78, 5) is 61.1. The second kappa shape index (κ2) is 8.23. The normalized spacial score (nSPS) is 12.4. The maximum Gasteiger partial charge on any atom is 0.338 e. The molecule has 0 aliphatic carbocycles. The van der Waals surface area contributed by atoms with Gasteiger partial charge in [-0.1, -0.05) is 30.3 Å². The third-order valence-electron chi connectivity index (χ3n) is 4.85. The van der Waals surface area contributed by atoms with Crippen molar-refractivity contribution >= 4 is 34.9 Å². The number of nitro benzene ring substituents is 1. The zero-order valence-corrected chi connectivity index (χ0v) is 16.4. The summed E-state index contributed by atoms with van der Waals surface area (Å²) in [6, 6.07) is 17.2. The van der Waals surface area contributed by atoms with Gasteiger partial charge in [0.05, 0.1) is 27.3 Å². The zero-order chi connectivity index (χ0) is 22.8. The summed E-state index contributed by atoms with van der Waals surface area (Å²) < 4.78 is 5.03. The van der Waals surface area contributed by atoms with Crippen LogP contribution in [0.4, 0.5) is 11.4 Å². The number of benzene rings is 3. The molecule has 1 aliphatic heterocycles. The highest BCUT2D eigenvalue weighted by atomic mass is 16.6. The minimum Gasteiger partial charge on any atom is -0.454 e. The molecule has 0 radical (unpaired) electrons. The molecule has 9 heteroatoms. The van der Waals surface area contributed by atoms with Crippen molar-refractivity contribution in [2.45, 2.75) is 0 Å². The van der Waals surface area contributed by atoms with Crippen LogP contribution in [0.15, 0.2) is 72.8 Å². The number of ether oxygens (including phenoxy) is 1. The molecule has 0 aromatic heterocycles. The molecule has 3 aromatic carbocycles. The molecule has 0 saturated heterocycles. The molecular weight excluding hydrogens is 416 g/mol. The van der Waals surface area contributed by atoms with Gasteiger partial charge >= 0.3 is 5.97 Å². The maximum absolute atomic E-state index is 12.6. The Kier molecular flexibility index (Phi) is 5.30. The molecule has 1 heterocycles. The summed E-state index contributed by atoms with van der Waals surface area (Å²) >= 11 is 0. The Hall–Kier alpha value is -4.66. The molecule has 158 valence electrons. The second-order valence-corrected chi connectivity index (χ2v) is 6.85. The number of esters is 1. The molecule has 0 spiro atoms. The Bertz CT molecular complexity index is 1260. The summed E-state index contributed by atoms with van der Waals surface area (Å²) in [5, 5.41) is 10.8. The highest BCUT2D eigenvalue weighted by molar-refractivity contribution is 6.34. The Morgan fingerprint density at radius 1 is 0.844 bits per heavy atom. The molecule has 32 heavy (non-hydrogen) atoms. The molecule has 0 N–H and O–H groups in total. The fourth-order valence-corrected chi connectivity index (χ4v) is 3.29. The molecule has 1 aliphatic rings. The van der Waals surface area contributed by atoms with E-state index in [2.05, 4.69) is 0 Å². The van der Waals surface area contributed by atoms with Gasteiger partial charge in [-0.3, -0.25) is 24.5 Å². The largest absolute Gasteiger partial charge is 0.454 e. The van der Waals surface area contributed by atoms with Crippen molar-refractivity contribution in [3.63, 3.8) is 0 Å². The molecule has 0 unspecified atom stereocenters. The van der Waals surface area contributed by atoms with Crippen molar-refractivity contribution in [3.8, 4) is 0 Å². The van der Waals surface area contributed by atoms with E-state index in [-0.39, 0.29) is 33.6 Å². The average Bonchev–Trinajstić information content (AvgIpc) is 3.07. The van der Waals surface area contributed by atoms with Crippen LogP contribution in [0.2, 0.25) is 0 Å². The van der Waals surface area contributed by atoms with Gasteiger partial charge in [0, 0.05) is 17.7 Å². The monoisotopic (exact) mass is 430 g/mol. The number of ketones is 1. The van der Waals surface area contributed by atoms with E-state index in [0.717, 1.165) is 11.0 Å². The zero-order valence-electron chi connectivity index (χ0n) is 16.4. The first-order valence-corrected chi connectivity index (χ1v) is 9.39. The number of rotatable bonds is 6. The summed E-state index contributed by atoms with van der Waals surface area (Å²) in [7, 11) is 0. The van der Waals surface area contributed by atoms with E-state index < -0.39 is 35.1 Å². The second-order valence-electron chi connectivity index (χ2n) is 6.85. The molecule has 2 amide bonds. The first-order valence-electron chi connectivity index (χ1n) is 9.39. The van der Waals surface area contributed by atoms with Crippen LogP contribution in [0.25, 0.3) is 0 Å². The van der Waals surface area contributed by atoms with Gasteiger partial charge in [0.15, 0.2) is 6.61 Å². The lowest BCUT2D eigenvalue weighted by molar-refractivity contribution is -0.384. The predicted molar refractivity (Wildman–Crippen MR) is 112 cm³/mol. The Labute approximate surface area is 181 Å². The van der Waals surface area contributed by atoms with Gasteiger partial charge in [-0.2, -0.15) is 0 Å². The standard InChI is InChI=1S/C23H14N2O7/c26-20(14-5-3-8-17(11-14)25(30)31)13-32-23(29)15-6-4-7-16(12-15)24-21(27)18-9-1-2-10-19(18)22(24)28/h1-12H,13H2. The first-order chi connectivity index (χ1) is 15.4. The van der Waals surface area contributed by atoms with Crippen LogP contribution in [0.5, 0.6) is 0 Å². The van der Waals surface area contributed by atoms with Crippen LogP contribution in [-0.4, -0.2) is 35.1 Å². The minimum absolute atomic E-state index is 0.0332. The van der Waals surface area contributed by atoms with Gasteiger partial charge in [0.1, 0.15) is 0 Å². The van der Waals surface area contributed by atoms with Crippen LogP contribution in [-0.2, 0) is 4.74 Å². The number of nitro groups is 1. The van der Waals surface area contributed by atoms with Crippen molar-refractivity contribution in [2.24, 2.45) is 0 Å². The van der Waals surface area contributed by atoms with Gasteiger partial charge in [0.2, 0.25) is 5.78 Å². The fraction of sp³-hybridized carbons (Fsp3) is 0.0435. The van der Waals surface area contributed by atoms with Crippen LogP contribution in [0.1, 0.15) is 41.4 Å². The molecule has 0 bridgehead atoms. The molecule has 0 saturated carbocycles. The molecule has 4 rings (SSSR count). The topological polar surface area (TPSA) is 124 Å². The maximum atomic E-state index is 12.6. The van der Waals surface area contributed by atoms with Crippen LogP contribution < -0.4 is 4.90 Å². The number of imide groups is 1. The quantitative estimate of drug-likeness (QED) is 0.193. The summed E-state index contributed by atoms with van der Waals surface area (Å²) in [5.41, 5.74) is 0.546. The van der Waals surface area contributed by atoms with Crippen LogP contribution in [0.3, 0.4) is 0 Å². The lowest BCUT2D eigenvalue weighted by Gasteiger charge is -2.14. The van der Waals surface area contributed by atoms with E-state index in [0.29, 0.717) is 0 Å². The average molecular weight is 430 g/mol. The summed E-state index contributed by atoms with van der Waals surface area (Å²) in [5.74, 6) is -2.46. The number of amides is 2. The number of hydrogen-bond donors (Lipinski definition) is 0. The van der Waals surface area contributed by atoms with E-state index in [1.54, 1.807) is 24.3 Å². The third-order valence-corrected chi connectivity index (χ3v) is 4.85. The number of carbonyl (C=O) groups excluding carboxylic acids is 4. The van der Waals surface area contributed by atoms with Gasteiger partial charge in [-0.15, -0.1) is 0 Å². The lowest BCUT2D eigenvalue weighted by atomic mass is 10.1.